The second kappa shape index (κ2) is 65.9. The van der Waals surface area contributed by atoms with Gasteiger partial charge in [0.25, 0.3) is 0 Å². The van der Waals surface area contributed by atoms with Gasteiger partial charge in [-0.1, -0.05) is 340 Å². The molecule has 0 aliphatic heterocycles. The van der Waals surface area contributed by atoms with E-state index in [-0.39, 0.29) is 18.5 Å². The van der Waals surface area contributed by atoms with E-state index in [1.807, 2.05) is 6.08 Å². The molecule has 1 amide bonds. The number of rotatable bonds is 65. The SMILES string of the molecule is CCCCCCCCCCCCCCCCC/C=C/C(O)C(CO)NC(=O)CCCCCCCCCCCC/C=C\CCCCCCCCCCCCCCOC(=O)CCCCCCCCCCCCCCCCCC. The molecule has 6 heteroatoms. The Bertz CT molecular complexity index is 1190. The number of esters is 1. The van der Waals surface area contributed by atoms with Crippen molar-refractivity contribution in [1.82, 2.24) is 5.32 Å². The van der Waals surface area contributed by atoms with Gasteiger partial charge in [-0.2, -0.15) is 0 Å². The van der Waals surface area contributed by atoms with E-state index < -0.39 is 12.1 Å². The van der Waals surface area contributed by atoms with Crippen molar-refractivity contribution >= 4 is 11.9 Å². The van der Waals surface area contributed by atoms with Crippen LogP contribution in [0.3, 0.4) is 0 Å². The molecule has 450 valence electrons. The van der Waals surface area contributed by atoms with E-state index in [1.54, 1.807) is 6.08 Å². The van der Waals surface area contributed by atoms with Gasteiger partial charge in [0.05, 0.1) is 25.4 Å². The fraction of sp³-hybridized carbons (Fsp3) is 0.914. The number of allylic oxidation sites excluding steroid dienone is 3. The highest BCUT2D eigenvalue weighted by Gasteiger charge is 2.18. The Morgan fingerprint density at radius 3 is 0.934 bits per heavy atom. The van der Waals surface area contributed by atoms with Gasteiger partial charge in [-0.15, -0.1) is 0 Å². The standard InChI is InChI=1S/C70H135NO5/c1-3-5-7-9-11-13-15-17-19-31-34-38-42-46-50-54-58-62-68(73)67(66-72)71-69(74)63-59-55-51-47-43-39-35-32-29-27-25-23-21-22-24-26-28-30-33-37-41-45-49-53-57-61-65-76-70(75)64-60-56-52-48-44-40-36-20-18-16-14-12-10-8-6-4-2/h21,23,58,62,67-68,72-73H,3-20,22,24-57,59-61,63-66H2,1-2H3,(H,71,74)/b23-21-,62-58+. The summed E-state index contributed by atoms with van der Waals surface area (Å²) in [6.07, 6.45) is 82.5. The first kappa shape index (κ1) is 74.3. The van der Waals surface area contributed by atoms with Crippen molar-refractivity contribution in [2.75, 3.05) is 13.2 Å². The molecule has 0 aliphatic rings. The Hall–Kier alpha value is -1.66. The van der Waals surface area contributed by atoms with Crippen molar-refractivity contribution < 1.29 is 24.5 Å². The zero-order chi connectivity index (χ0) is 55.0. The van der Waals surface area contributed by atoms with Crippen molar-refractivity contribution in [3.8, 4) is 0 Å². The minimum Gasteiger partial charge on any atom is -0.466 e. The number of amides is 1. The van der Waals surface area contributed by atoms with E-state index in [4.69, 9.17) is 4.74 Å². The smallest absolute Gasteiger partial charge is 0.305 e. The molecule has 76 heavy (non-hydrogen) atoms. The molecule has 0 spiro atoms. The molecule has 0 aromatic heterocycles. The van der Waals surface area contributed by atoms with Crippen molar-refractivity contribution in [2.45, 2.75) is 398 Å². The number of carbonyl (C=O) groups is 2. The Kier molecular flexibility index (Phi) is 64.4. The average molecular weight is 1070 g/mol. The molecule has 0 heterocycles. The number of carbonyl (C=O) groups excluding carboxylic acids is 2. The number of hydrogen-bond acceptors (Lipinski definition) is 5. The molecule has 0 saturated carbocycles. The Balaban J connectivity index is 3.39. The fourth-order valence-electron chi connectivity index (χ4n) is 10.9. The molecule has 3 N–H and O–H groups in total. The lowest BCUT2D eigenvalue weighted by Gasteiger charge is -2.20. The number of unbranched alkanes of at least 4 members (excludes halogenated alkanes) is 52. The van der Waals surface area contributed by atoms with Gasteiger partial charge in [-0.05, 0) is 57.8 Å². The van der Waals surface area contributed by atoms with Gasteiger partial charge in [-0.25, -0.2) is 0 Å². The molecule has 2 unspecified atom stereocenters. The van der Waals surface area contributed by atoms with Gasteiger partial charge in [0.1, 0.15) is 0 Å². The van der Waals surface area contributed by atoms with Gasteiger partial charge in [0.2, 0.25) is 5.91 Å². The average Bonchev–Trinajstić information content (AvgIpc) is 3.42. The zero-order valence-corrected chi connectivity index (χ0v) is 51.5. The molecular formula is C70H135NO5. The van der Waals surface area contributed by atoms with Crippen LogP contribution >= 0.6 is 0 Å². The van der Waals surface area contributed by atoms with E-state index >= 15 is 0 Å². The molecule has 6 nitrogen and oxygen atoms in total. The maximum atomic E-state index is 12.5. The van der Waals surface area contributed by atoms with Gasteiger partial charge in [0, 0.05) is 12.8 Å². The van der Waals surface area contributed by atoms with Crippen LogP contribution < -0.4 is 5.32 Å². The summed E-state index contributed by atoms with van der Waals surface area (Å²) < 4.78 is 5.50. The lowest BCUT2D eigenvalue weighted by Crippen LogP contribution is -2.45. The molecule has 2 atom stereocenters. The van der Waals surface area contributed by atoms with Crippen molar-refractivity contribution in [3.05, 3.63) is 24.3 Å². The predicted molar refractivity (Wildman–Crippen MR) is 333 cm³/mol. The molecule has 0 rings (SSSR count). The summed E-state index contributed by atoms with van der Waals surface area (Å²) in [6.45, 7) is 4.94. The second-order valence-electron chi connectivity index (χ2n) is 23.9. The molecule has 0 aromatic rings. The van der Waals surface area contributed by atoms with Crippen LogP contribution in [0.25, 0.3) is 0 Å². The number of aliphatic hydroxyl groups excluding tert-OH is 2. The van der Waals surface area contributed by atoms with Crippen LogP contribution in [-0.2, 0) is 14.3 Å². The number of nitrogens with one attached hydrogen (secondary N) is 1. The first-order valence-corrected chi connectivity index (χ1v) is 34.6. The number of ether oxygens (including phenoxy) is 1. The van der Waals surface area contributed by atoms with Crippen molar-refractivity contribution in [1.29, 1.82) is 0 Å². The number of aliphatic hydroxyl groups is 2. The van der Waals surface area contributed by atoms with E-state index in [9.17, 15) is 19.8 Å². The number of hydrogen-bond donors (Lipinski definition) is 3. The maximum Gasteiger partial charge on any atom is 0.305 e. The van der Waals surface area contributed by atoms with Crippen LogP contribution in [0.15, 0.2) is 24.3 Å². The minimum atomic E-state index is -0.846. The van der Waals surface area contributed by atoms with Crippen LogP contribution in [0.5, 0.6) is 0 Å². The second-order valence-corrected chi connectivity index (χ2v) is 23.9. The van der Waals surface area contributed by atoms with E-state index in [2.05, 4.69) is 31.3 Å². The first-order valence-electron chi connectivity index (χ1n) is 34.6. The highest BCUT2D eigenvalue weighted by molar-refractivity contribution is 5.76. The lowest BCUT2D eigenvalue weighted by molar-refractivity contribution is -0.143. The Morgan fingerprint density at radius 1 is 0.355 bits per heavy atom. The monoisotopic (exact) mass is 1070 g/mol. The molecule has 0 fully saturated rings. The first-order chi connectivity index (χ1) is 37.5. The fourth-order valence-corrected chi connectivity index (χ4v) is 10.9. The van der Waals surface area contributed by atoms with E-state index in [0.29, 0.717) is 19.4 Å². The Labute approximate surface area is 475 Å². The Morgan fingerprint density at radius 2 is 0.618 bits per heavy atom. The molecular weight excluding hydrogens is 935 g/mol. The molecule has 0 aliphatic carbocycles. The third-order valence-electron chi connectivity index (χ3n) is 16.2. The van der Waals surface area contributed by atoms with Crippen molar-refractivity contribution in [3.63, 3.8) is 0 Å². The summed E-state index contributed by atoms with van der Waals surface area (Å²) in [5.74, 6) is -0.0489. The quantitative estimate of drug-likeness (QED) is 0.0320. The molecule has 0 radical (unpaired) electrons. The van der Waals surface area contributed by atoms with Crippen LogP contribution in [0.4, 0.5) is 0 Å². The third-order valence-corrected chi connectivity index (χ3v) is 16.2. The highest BCUT2D eigenvalue weighted by atomic mass is 16.5. The van der Waals surface area contributed by atoms with Gasteiger partial charge in [0.15, 0.2) is 0 Å². The summed E-state index contributed by atoms with van der Waals surface area (Å²) in [6, 6.07) is -0.629. The van der Waals surface area contributed by atoms with Gasteiger partial charge >= 0.3 is 5.97 Å². The lowest BCUT2D eigenvalue weighted by atomic mass is 10.0. The van der Waals surface area contributed by atoms with Crippen LogP contribution in [0.1, 0.15) is 386 Å². The van der Waals surface area contributed by atoms with Gasteiger partial charge in [-0.3, -0.25) is 9.59 Å². The van der Waals surface area contributed by atoms with Crippen LogP contribution in [0.2, 0.25) is 0 Å². The molecule has 0 aromatic carbocycles. The topological polar surface area (TPSA) is 95.9 Å². The summed E-state index contributed by atoms with van der Waals surface area (Å²) in [7, 11) is 0. The maximum absolute atomic E-state index is 12.5. The summed E-state index contributed by atoms with van der Waals surface area (Å²) in [4.78, 5) is 24.6. The minimum absolute atomic E-state index is 0.0180. The predicted octanol–water partition coefficient (Wildman–Crippen LogP) is 22.1. The van der Waals surface area contributed by atoms with E-state index in [0.717, 1.165) is 38.5 Å². The molecule has 0 saturated heterocycles. The zero-order valence-electron chi connectivity index (χ0n) is 51.5. The van der Waals surface area contributed by atoms with Gasteiger partial charge < -0.3 is 20.3 Å². The normalized spacial score (nSPS) is 12.6. The van der Waals surface area contributed by atoms with Crippen molar-refractivity contribution in [2.24, 2.45) is 0 Å². The largest absolute Gasteiger partial charge is 0.466 e. The summed E-state index contributed by atoms with van der Waals surface area (Å²) in [5.41, 5.74) is 0. The summed E-state index contributed by atoms with van der Waals surface area (Å²) in [5, 5.41) is 23.2. The third kappa shape index (κ3) is 61.6. The van der Waals surface area contributed by atoms with E-state index in [1.165, 1.54) is 321 Å². The van der Waals surface area contributed by atoms with Crippen LogP contribution in [-0.4, -0.2) is 47.4 Å². The highest BCUT2D eigenvalue weighted by Crippen LogP contribution is 2.18. The van der Waals surface area contributed by atoms with Crippen LogP contribution in [0, 0.1) is 0 Å². The molecule has 0 bridgehead atoms. The summed E-state index contributed by atoms with van der Waals surface area (Å²) >= 11 is 0.